The monoisotopic (exact) mass is 337 g/mol. The summed E-state index contributed by atoms with van der Waals surface area (Å²) in [4.78, 5) is 0. The topological polar surface area (TPSA) is 12.0 Å². The van der Waals surface area contributed by atoms with E-state index in [1.54, 1.807) is 12.1 Å². The van der Waals surface area contributed by atoms with Gasteiger partial charge in [0, 0.05) is 10.5 Å². The molecule has 1 aromatic carbocycles. The Balaban J connectivity index is 2.92. The number of hydrogen-bond donors (Lipinski definition) is 1. The van der Waals surface area contributed by atoms with Crippen LogP contribution < -0.4 is 5.32 Å². The summed E-state index contributed by atoms with van der Waals surface area (Å²) >= 11 is 3.23. The zero-order valence-corrected chi connectivity index (χ0v) is 12.7. The van der Waals surface area contributed by atoms with Gasteiger partial charge in [0.1, 0.15) is 6.04 Å². The maximum Gasteiger partial charge on any atom is 0.407 e. The molecule has 0 fully saturated rings. The van der Waals surface area contributed by atoms with Crippen LogP contribution in [0.4, 0.5) is 13.2 Å². The summed E-state index contributed by atoms with van der Waals surface area (Å²) in [6.45, 7) is 3.88. The number of halogens is 4. The molecule has 19 heavy (non-hydrogen) atoms. The second-order valence-electron chi connectivity index (χ2n) is 4.59. The van der Waals surface area contributed by atoms with E-state index < -0.39 is 12.2 Å². The molecule has 0 aliphatic carbocycles. The van der Waals surface area contributed by atoms with Crippen molar-refractivity contribution in [1.82, 2.24) is 5.32 Å². The van der Waals surface area contributed by atoms with Crippen LogP contribution in [-0.4, -0.2) is 12.2 Å². The summed E-state index contributed by atoms with van der Waals surface area (Å²) in [6.07, 6.45) is -1.97. The Hall–Kier alpha value is -0.550. The minimum Gasteiger partial charge on any atom is -0.300 e. The Morgan fingerprint density at radius 1 is 1.16 bits per heavy atom. The van der Waals surface area contributed by atoms with Crippen molar-refractivity contribution in [3.8, 4) is 0 Å². The molecule has 0 aliphatic rings. The fourth-order valence-electron chi connectivity index (χ4n) is 2.02. The molecule has 1 rings (SSSR count). The summed E-state index contributed by atoms with van der Waals surface area (Å²) in [5, 5.41) is 2.74. The molecule has 1 aromatic rings. The van der Waals surface area contributed by atoms with Crippen molar-refractivity contribution in [1.29, 1.82) is 0 Å². The third-order valence-corrected chi connectivity index (χ3v) is 3.59. The summed E-state index contributed by atoms with van der Waals surface area (Å²) in [6, 6.07) is 4.58. The van der Waals surface area contributed by atoms with Gasteiger partial charge in [0.15, 0.2) is 0 Å². The molecule has 0 amide bonds. The number of benzene rings is 1. The van der Waals surface area contributed by atoms with Crippen molar-refractivity contribution < 1.29 is 13.2 Å². The molecule has 2 unspecified atom stereocenters. The van der Waals surface area contributed by atoms with Gasteiger partial charge in [-0.3, -0.25) is 5.32 Å². The van der Waals surface area contributed by atoms with Crippen LogP contribution in [0.25, 0.3) is 0 Å². The molecular weight excluding hydrogens is 319 g/mol. The normalized spacial score (nSPS) is 15.3. The van der Waals surface area contributed by atoms with E-state index in [1.807, 2.05) is 13.8 Å². The van der Waals surface area contributed by atoms with E-state index >= 15 is 0 Å². The van der Waals surface area contributed by atoms with E-state index in [1.165, 1.54) is 12.1 Å². The Labute approximate surface area is 120 Å². The van der Waals surface area contributed by atoms with Gasteiger partial charge in [0.25, 0.3) is 0 Å². The van der Waals surface area contributed by atoms with Gasteiger partial charge in [-0.25, -0.2) is 0 Å². The first-order chi connectivity index (χ1) is 8.88. The molecule has 0 radical (unpaired) electrons. The van der Waals surface area contributed by atoms with Gasteiger partial charge in [0.05, 0.1) is 0 Å². The molecular formula is C14H19BrF3N. The maximum absolute atomic E-state index is 13.2. The number of hydrogen-bond acceptors (Lipinski definition) is 1. The van der Waals surface area contributed by atoms with E-state index in [0.29, 0.717) is 6.42 Å². The Bertz CT molecular complexity index is 375. The third kappa shape index (κ3) is 5.15. The van der Waals surface area contributed by atoms with E-state index in [2.05, 4.69) is 21.2 Å². The minimum absolute atomic E-state index is 0.111. The van der Waals surface area contributed by atoms with Crippen LogP contribution in [0.15, 0.2) is 28.7 Å². The third-order valence-electron chi connectivity index (χ3n) is 3.06. The molecule has 108 valence electrons. The van der Waals surface area contributed by atoms with Gasteiger partial charge < -0.3 is 0 Å². The van der Waals surface area contributed by atoms with Crippen molar-refractivity contribution in [2.24, 2.45) is 0 Å². The van der Waals surface area contributed by atoms with Gasteiger partial charge >= 0.3 is 6.18 Å². The molecule has 0 aliphatic heterocycles. The highest BCUT2D eigenvalue weighted by molar-refractivity contribution is 9.10. The quantitative estimate of drug-likeness (QED) is 0.750. The van der Waals surface area contributed by atoms with Crippen LogP contribution in [0.3, 0.4) is 0 Å². The predicted molar refractivity (Wildman–Crippen MR) is 75.1 cm³/mol. The fraction of sp³-hybridized carbons (Fsp3) is 0.571. The number of alkyl halides is 3. The average molecular weight is 338 g/mol. The molecule has 5 heteroatoms. The van der Waals surface area contributed by atoms with Crippen molar-refractivity contribution in [3.05, 3.63) is 34.3 Å². The minimum atomic E-state index is -4.28. The molecule has 0 saturated carbocycles. The molecule has 0 aromatic heterocycles. The van der Waals surface area contributed by atoms with Gasteiger partial charge in [-0.2, -0.15) is 13.2 Å². The lowest BCUT2D eigenvalue weighted by Gasteiger charge is -2.27. The lowest BCUT2D eigenvalue weighted by Crippen LogP contribution is -2.40. The van der Waals surface area contributed by atoms with Crippen molar-refractivity contribution >= 4 is 15.9 Å². The van der Waals surface area contributed by atoms with Gasteiger partial charge in [0.2, 0.25) is 0 Å². The average Bonchev–Trinajstić information content (AvgIpc) is 2.34. The predicted octanol–water partition coefficient (Wildman–Crippen LogP) is 5.22. The highest BCUT2D eigenvalue weighted by Crippen LogP contribution is 2.34. The molecule has 0 spiro atoms. The van der Waals surface area contributed by atoms with E-state index in [0.717, 1.165) is 17.3 Å². The standard InChI is InChI=1S/C14H19BrF3N/c1-3-5-12(4-2)19-13(14(16,17)18)10-6-8-11(15)9-7-10/h6-9,12-13,19H,3-5H2,1-2H3. The van der Waals surface area contributed by atoms with Gasteiger partial charge in [-0.15, -0.1) is 0 Å². The molecule has 1 nitrogen and oxygen atoms in total. The van der Waals surface area contributed by atoms with Crippen LogP contribution in [0.1, 0.15) is 44.7 Å². The second kappa shape index (κ2) is 7.29. The maximum atomic E-state index is 13.2. The van der Waals surface area contributed by atoms with E-state index in [-0.39, 0.29) is 11.6 Å². The smallest absolute Gasteiger partial charge is 0.300 e. The second-order valence-corrected chi connectivity index (χ2v) is 5.50. The summed E-state index contributed by atoms with van der Waals surface area (Å²) in [5.74, 6) is 0. The highest BCUT2D eigenvalue weighted by atomic mass is 79.9. The molecule has 2 atom stereocenters. The lowest BCUT2D eigenvalue weighted by molar-refractivity contribution is -0.159. The summed E-state index contributed by atoms with van der Waals surface area (Å²) < 4.78 is 40.3. The van der Waals surface area contributed by atoms with Crippen LogP contribution in [0.2, 0.25) is 0 Å². The first-order valence-electron chi connectivity index (χ1n) is 6.46. The van der Waals surface area contributed by atoms with Crippen molar-refractivity contribution in [3.63, 3.8) is 0 Å². The van der Waals surface area contributed by atoms with Gasteiger partial charge in [-0.1, -0.05) is 48.3 Å². The van der Waals surface area contributed by atoms with Gasteiger partial charge in [-0.05, 0) is 30.5 Å². The summed E-state index contributed by atoms with van der Waals surface area (Å²) in [5.41, 5.74) is 0.255. The van der Waals surface area contributed by atoms with Crippen LogP contribution in [-0.2, 0) is 0 Å². The number of rotatable bonds is 6. The molecule has 0 bridgehead atoms. The summed E-state index contributed by atoms with van der Waals surface area (Å²) in [7, 11) is 0. The largest absolute Gasteiger partial charge is 0.407 e. The molecule has 0 heterocycles. The van der Waals surface area contributed by atoms with Crippen molar-refractivity contribution in [2.45, 2.75) is 51.4 Å². The Kier molecular flexibility index (Phi) is 6.33. The zero-order chi connectivity index (χ0) is 14.5. The zero-order valence-electron chi connectivity index (χ0n) is 11.1. The van der Waals surface area contributed by atoms with E-state index in [4.69, 9.17) is 0 Å². The SMILES string of the molecule is CCCC(CC)NC(c1ccc(Br)cc1)C(F)(F)F. The van der Waals surface area contributed by atoms with Crippen LogP contribution in [0.5, 0.6) is 0 Å². The first kappa shape index (κ1) is 16.5. The van der Waals surface area contributed by atoms with Crippen LogP contribution >= 0.6 is 15.9 Å². The van der Waals surface area contributed by atoms with Crippen molar-refractivity contribution in [2.75, 3.05) is 0 Å². The molecule has 1 N–H and O–H groups in total. The Morgan fingerprint density at radius 2 is 1.74 bits per heavy atom. The fourth-order valence-corrected chi connectivity index (χ4v) is 2.29. The number of nitrogens with one attached hydrogen (secondary N) is 1. The lowest BCUT2D eigenvalue weighted by atomic mass is 10.0. The Morgan fingerprint density at radius 3 is 2.16 bits per heavy atom. The molecule has 0 saturated heterocycles. The highest BCUT2D eigenvalue weighted by Gasteiger charge is 2.41. The van der Waals surface area contributed by atoms with Crippen LogP contribution in [0, 0.1) is 0 Å². The first-order valence-corrected chi connectivity index (χ1v) is 7.26. The van der Waals surface area contributed by atoms with E-state index in [9.17, 15) is 13.2 Å².